The topological polar surface area (TPSA) is 101 Å². The van der Waals surface area contributed by atoms with E-state index in [4.69, 9.17) is 9.84 Å². The highest BCUT2D eigenvalue weighted by Gasteiger charge is 2.14. The molecular formula is C13H15N3O4S. The summed E-state index contributed by atoms with van der Waals surface area (Å²) in [5.41, 5.74) is 0.531. The van der Waals surface area contributed by atoms with Crippen LogP contribution in [0.2, 0.25) is 0 Å². The van der Waals surface area contributed by atoms with E-state index in [-0.39, 0.29) is 24.7 Å². The Morgan fingerprint density at radius 1 is 1.19 bits per heavy atom. The van der Waals surface area contributed by atoms with Gasteiger partial charge in [-0.05, 0) is 36.4 Å². The number of hydrogen-bond acceptors (Lipinski definition) is 6. The van der Waals surface area contributed by atoms with Crippen LogP contribution in [0, 0.1) is 0 Å². The molecule has 0 radical (unpaired) electrons. The van der Waals surface area contributed by atoms with Crippen LogP contribution in [0.1, 0.15) is 5.69 Å². The fourth-order valence-corrected chi connectivity index (χ4v) is 2.56. The number of hydrogen-bond donors (Lipinski definition) is 2. The third-order valence-electron chi connectivity index (χ3n) is 2.56. The van der Waals surface area contributed by atoms with Crippen LogP contribution in [0.25, 0.3) is 0 Å². The van der Waals surface area contributed by atoms with Crippen molar-refractivity contribution in [1.82, 2.24) is 14.9 Å². The monoisotopic (exact) mass is 309 g/mol. The SMILES string of the molecule is O=S(=O)(NCc1cccnn1)c1ccc(OCCO)cc1. The van der Waals surface area contributed by atoms with Gasteiger partial charge in [-0.3, -0.25) is 0 Å². The van der Waals surface area contributed by atoms with E-state index >= 15 is 0 Å². The zero-order chi connectivity index (χ0) is 15.1. The number of aliphatic hydroxyl groups is 1. The Balaban J connectivity index is 2.02. The van der Waals surface area contributed by atoms with Crippen molar-refractivity contribution in [1.29, 1.82) is 0 Å². The third-order valence-corrected chi connectivity index (χ3v) is 3.98. The smallest absolute Gasteiger partial charge is 0.240 e. The summed E-state index contributed by atoms with van der Waals surface area (Å²) in [4.78, 5) is 0.128. The third kappa shape index (κ3) is 4.48. The second-order valence-electron chi connectivity index (χ2n) is 4.08. The van der Waals surface area contributed by atoms with Crippen molar-refractivity contribution in [2.75, 3.05) is 13.2 Å². The molecule has 1 aromatic carbocycles. The van der Waals surface area contributed by atoms with Gasteiger partial charge in [0.2, 0.25) is 10.0 Å². The van der Waals surface area contributed by atoms with Crippen LogP contribution in [-0.2, 0) is 16.6 Å². The van der Waals surface area contributed by atoms with Gasteiger partial charge in [-0.2, -0.15) is 10.2 Å². The van der Waals surface area contributed by atoms with Gasteiger partial charge in [0, 0.05) is 6.20 Å². The maximum absolute atomic E-state index is 12.1. The van der Waals surface area contributed by atoms with Gasteiger partial charge in [0.15, 0.2) is 0 Å². The quantitative estimate of drug-likeness (QED) is 0.764. The van der Waals surface area contributed by atoms with Crippen LogP contribution in [0.15, 0.2) is 47.5 Å². The number of nitrogens with zero attached hydrogens (tertiary/aromatic N) is 2. The lowest BCUT2D eigenvalue weighted by Crippen LogP contribution is -2.23. The summed E-state index contributed by atoms with van der Waals surface area (Å²) < 4.78 is 31.8. The molecule has 0 atom stereocenters. The molecular weight excluding hydrogens is 294 g/mol. The minimum absolute atomic E-state index is 0.0684. The molecule has 0 unspecified atom stereocenters. The molecule has 7 nitrogen and oxygen atoms in total. The summed E-state index contributed by atoms with van der Waals surface area (Å²) >= 11 is 0. The first-order valence-electron chi connectivity index (χ1n) is 6.22. The van der Waals surface area contributed by atoms with Gasteiger partial charge in [0.05, 0.1) is 23.7 Å². The van der Waals surface area contributed by atoms with Crippen LogP contribution < -0.4 is 9.46 Å². The number of nitrogens with one attached hydrogen (secondary N) is 1. The predicted molar refractivity (Wildman–Crippen MR) is 75.1 cm³/mol. The molecule has 8 heteroatoms. The van der Waals surface area contributed by atoms with Gasteiger partial charge in [0.25, 0.3) is 0 Å². The van der Waals surface area contributed by atoms with Gasteiger partial charge in [-0.1, -0.05) is 0 Å². The number of benzene rings is 1. The van der Waals surface area contributed by atoms with Crippen LogP contribution in [0.3, 0.4) is 0 Å². The van der Waals surface area contributed by atoms with Gasteiger partial charge >= 0.3 is 0 Å². The maximum atomic E-state index is 12.1. The molecule has 2 aromatic rings. The molecule has 2 rings (SSSR count). The fraction of sp³-hybridized carbons (Fsp3) is 0.231. The van der Waals surface area contributed by atoms with Crippen LogP contribution in [0.4, 0.5) is 0 Å². The molecule has 1 aromatic heterocycles. The first kappa shape index (κ1) is 15.4. The molecule has 112 valence electrons. The van der Waals surface area contributed by atoms with Gasteiger partial charge in [-0.25, -0.2) is 13.1 Å². The van der Waals surface area contributed by atoms with Gasteiger partial charge in [-0.15, -0.1) is 0 Å². The Kier molecular flexibility index (Phi) is 5.20. The Hall–Kier alpha value is -2.03. The Morgan fingerprint density at radius 3 is 2.57 bits per heavy atom. The molecule has 0 fully saturated rings. The van der Waals surface area contributed by atoms with E-state index in [0.29, 0.717) is 11.4 Å². The normalized spacial score (nSPS) is 11.3. The fourth-order valence-electron chi connectivity index (χ4n) is 1.56. The zero-order valence-electron chi connectivity index (χ0n) is 11.1. The zero-order valence-corrected chi connectivity index (χ0v) is 12.0. The van der Waals surface area contributed by atoms with Crippen LogP contribution >= 0.6 is 0 Å². The van der Waals surface area contributed by atoms with Crippen LogP contribution in [-0.4, -0.2) is 36.9 Å². The molecule has 0 aliphatic heterocycles. The predicted octanol–water partition coefficient (Wildman–Crippen LogP) is 0.326. The molecule has 0 aliphatic rings. The standard InChI is InChI=1S/C13H15N3O4S/c17-8-9-20-12-3-5-13(6-4-12)21(18,19)15-10-11-2-1-7-14-16-11/h1-7,15,17H,8-10H2. The number of sulfonamides is 1. The highest BCUT2D eigenvalue weighted by molar-refractivity contribution is 7.89. The molecule has 0 saturated carbocycles. The lowest BCUT2D eigenvalue weighted by atomic mass is 10.3. The van der Waals surface area contributed by atoms with Crippen molar-refractivity contribution in [2.45, 2.75) is 11.4 Å². The molecule has 1 heterocycles. The molecule has 2 N–H and O–H groups in total. The molecule has 0 aliphatic carbocycles. The van der Waals surface area contributed by atoms with E-state index in [1.807, 2.05) is 0 Å². The lowest BCUT2D eigenvalue weighted by molar-refractivity contribution is 0.201. The van der Waals surface area contributed by atoms with Crippen molar-refractivity contribution in [3.63, 3.8) is 0 Å². The lowest BCUT2D eigenvalue weighted by Gasteiger charge is -2.08. The van der Waals surface area contributed by atoms with Crippen molar-refractivity contribution in [3.8, 4) is 5.75 Å². The van der Waals surface area contributed by atoms with E-state index in [1.54, 1.807) is 12.1 Å². The van der Waals surface area contributed by atoms with Crippen molar-refractivity contribution < 1.29 is 18.3 Å². The average molecular weight is 309 g/mol. The average Bonchev–Trinajstić information content (AvgIpc) is 2.52. The van der Waals surface area contributed by atoms with Crippen molar-refractivity contribution >= 4 is 10.0 Å². The maximum Gasteiger partial charge on any atom is 0.240 e. The Labute approximate surface area is 122 Å². The summed E-state index contributed by atoms with van der Waals surface area (Å²) in [5.74, 6) is 0.497. The first-order valence-corrected chi connectivity index (χ1v) is 7.70. The minimum Gasteiger partial charge on any atom is -0.491 e. The van der Waals surface area contributed by atoms with Gasteiger partial charge in [0.1, 0.15) is 12.4 Å². The Bertz CT molecular complexity index is 660. The van der Waals surface area contributed by atoms with E-state index in [0.717, 1.165) is 0 Å². The second-order valence-corrected chi connectivity index (χ2v) is 5.85. The van der Waals surface area contributed by atoms with Crippen LogP contribution in [0.5, 0.6) is 5.75 Å². The molecule has 0 bridgehead atoms. The second kappa shape index (κ2) is 7.11. The number of aromatic nitrogens is 2. The number of ether oxygens (including phenoxy) is 1. The largest absolute Gasteiger partial charge is 0.491 e. The summed E-state index contributed by atoms with van der Waals surface area (Å²) in [6.07, 6.45) is 1.52. The molecule has 0 saturated heterocycles. The Morgan fingerprint density at radius 2 is 1.95 bits per heavy atom. The first-order chi connectivity index (χ1) is 10.1. The van der Waals surface area contributed by atoms with Crippen molar-refractivity contribution in [2.24, 2.45) is 0 Å². The molecule has 0 spiro atoms. The van der Waals surface area contributed by atoms with E-state index in [9.17, 15) is 8.42 Å². The summed E-state index contributed by atoms with van der Waals surface area (Å²) in [6, 6.07) is 9.31. The molecule has 21 heavy (non-hydrogen) atoms. The van der Waals surface area contributed by atoms with Gasteiger partial charge < -0.3 is 9.84 Å². The van der Waals surface area contributed by atoms with E-state index in [1.165, 1.54) is 30.5 Å². The summed E-state index contributed by atoms with van der Waals surface area (Å²) in [6.45, 7) is 0.135. The number of aliphatic hydroxyl groups excluding tert-OH is 1. The summed E-state index contributed by atoms with van der Waals surface area (Å²) in [7, 11) is -3.62. The van der Waals surface area contributed by atoms with E-state index < -0.39 is 10.0 Å². The highest BCUT2D eigenvalue weighted by Crippen LogP contribution is 2.16. The molecule has 0 amide bonds. The van der Waals surface area contributed by atoms with Crippen molar-refractivity contribution in [3.05, 3.63) is 48.3 Å². The highest BCUT2D eigenvalue weighted by atomic mass is 32.2. The van der Waals surface area contributed by atoms with E-state index in [2.05, 4.69) is 14.9 Å². The summed E-state index contributed by atoms with van der Waals surface area (Å²) in [5, 5.41) is 16.1. The number of rotatable bonds is 7. The minimum atomic E-state index is -3.62.